The molecule has 0 bridgehead atoms. The number of halogens is 6. The molecular formula is C66H104F6N2O28SSi. The van der Waals surface area contributed by atoms with Crippen molar-refractivity contribution in [3.8, 4) is 17.2 Å². The van der Waals surface area contributed by atoms with Gasteiger partial charge < -0.3 is 52.1 Å². The van der Waals surface area contributed by atoms with Gasteiger partial charge in [-0.2, -0.15) is 18.4 Å². The van der Waals surface area contributed by atoms with Crippen molar-refractivity contribution in [2.45, 2.75) is 167 Å². The average molecular weight is 1550 g/mol. The van der Waals surface area contributed by atoms with Crippen molar-refractivity contribution >= 4 is 95.1 Å². The summed E-state index contributed by atoms with van der Waals surface area (Å²) in [6.45, 7) is 22.8. The van der Waals surface area contributed by atoms with Crippen LogP contribution < -0.4 is 0 Å². The SMILES string of the molecule is C.CC(=O)CCOC(C)=O.CC(=O)CCOC(C)=O.CC(=O)OCC(F)F.CC(=O)OCC1c2ccccc2-c2ccccc21.CC(=O)OCCC#N.CC(=O)OCCC(F)(F)F.CC(=O)OCCF.CC(=O)OCCS(C)(=O)=O.CC(=O)OCC[N+](=O)[O-].CC(=O)OCC[Si](C)(C)C.COC(C)=O. The van der Waals surface area contributed by atoms with Crippen LogP contribution in [0.1, 0.15) is 140 Å². The van der Waals surface area contributed by atoms with E-state index in [4.69, 9.17) is 14.7 Å². The molecule has 0 unspecified atom stereocenters. The zero-order valence-electron chi connectivity index (χ0n) is 61.5. The Kier molecular flexibility index (Phi) is 76.8. The quantitative estimate of drug-likeness (QED) is 0.0170. The summed E-state index contributed by atoms with van der Waals surface area (Å²) in [5.41, 5.74) is 5.01. The predicted octanol–water partition coefficient (Wildman–Crippen LogP) is 9.84. The Morgan fingerprint density at radius 1 is 0.529 bits per heavy atom. The highest BCUT2D eigenvalue weighted by Gasteiger charge is 2.29. The number of carbonyl (C=O) groups is 13. The van der Waals surface area contributed by atoms with Crippen molar-refractivity contribution in [2.24, 2.45) is 0 Å². The molecule has 0 fully saturated rings. The minimum Gasteiger partial charge on any atom is -0.469 e. The van der Waals surface area contributed by atoms with E-state index in [1.165, 1.54) is 106 Å². The Morgan fingerprint density at radius 3 is 1.13 bits per heavy atom. The summed E-state index contributed by atoms with van der Waals surface area (Å²) >= 11 is 0. The number of sulfone groups is 1. The van der Waals surface area contributed by atoms with Crippen molar-refractivity contribution < 1.29 is 154 Å². The number of ether oxygens (including phenoxy) is 11. The fraction of sp³-hybridized carbons (Fsp3) is 0.606. The van der Waals surface area contributed by atoms with E-state index >= 15 is 0 Å². The van der Waals surface area contributed by atoms with E-state index in [0.717, 1.165) is 26.1 Å². The third-order valence-electron chi connectivity index (χ3n) is 9.72. The molecule has 0 atom stereocenters. The number of hydrogen-bond donors (Lipinski definition) is 0. The van der Waals surface area contributed by atoms with Crippen LogP contribution in [0.15, 0.2) is 48.5 Å². The number of methoxy groups -OCH3 is 1. The van der Waals surface area contributed by atoms with Crippen molar-refractivity contribution in [1.29, 1.82) is 5.26 Å². The normalized spacial score (nSPS) is 9.88. The highest BCUT2D eigenvalue weighted by atomic mass is 32.2. The monoisotopic (exact) mass is 1550 g/mol. The van der Waals surface area contributed by atoms with Crippen LogP contribution in [0.2, 0.25) is 25.7 Å². The van der Waals surface area contributed by atoms with E-state index in [2.05, 4.69) is 86.5 Å². The first-order chi connectivity index (χ1) is 47.3. The van der Waals surface area contributed by atoms with Gasteiger partial charge in [-0.05, 0) is 42.1 Å². The highest BCUT2D eigenvalue weighted by Crippen LogP contribution is 2.44. The Morgan fingerprint density at radius 2 is 0.856 bits per heavy atom. The molecule has 3 rings (SSSR count). The summed E-state index contributed by atoms with van der Waals surface area (Å²) in [5, 5.41) is 17.5. The van der Waals surface area contributed by atoms with Crippen LogP contribution in [0.25, 0.3) is 11.1 Å². The number of nitriles is 1. The molecule has 0 saturated heterocycles. The summed E-state index contributed by atoms with van der Waals surface area (Å²) < 4.78 is 136. The van der Waals surface area contributed by atoms with Gasteiger partial charge in [0.05, 0.1) is 58.2 Å². The summed E-state index contributed by atoms with van der Waals surface area (Å²) in [5.74, 6) is -4.25. The molecule has 0 N–H and O–H groups in total. The number of fused-ring (bicyclic) bond motifs is 3. The van der Waals surface area contributed by atoms with Gasteiger partial charge in [-0.1, -0.05) is 75.6 Å². The largest absolute Gasteiger partial charge is 0.469 e. The Bertz CT molecular complexity index is 2790. The minimum atomic E-state index is -4.24. The number of carbonyl (C=O) groups excluding carboxylic acids is 13. The summed E-state index contributed by atoms with van der Waals surface area (Å²) in [7, 11) is -2.65. The van der Waals surface area contributed by atoms with E-state index in [1.807, 2.05) is 30.3 Å². The second-order valence-electron chi connectivity index (χ2n) is 21.0. The molecule has 0 radical (unpaired) electrons. The molecule has 30 nitrogen and oxygen atoms in total. The molecule has 1 aliphatic rings. The number of nitro groups is 1. The van der Waals surface area contributed by atoms with E-state index in [-0.39, 0.29) is 119 Å². The number of esters is 11. The van der Waals surface area contributed by atoms with Crippen molar-refractivity contribution in [3.63, 3.8) is 0 Å². The molecule has 0 aliphatic heterocycles. The average Bonchev–Trinajstić information content (AvgIpc) is 1.62. The number of rotatable bonds is 25. The van der Waals surface area contributed by atoms with Gasteiger partial charge in [0.15, 0.2) is 23.1 Å². The lowest BCUT2D eigenvalue weighted by Gasteiger charge is -2.14. The molecule has 2 aromatic carbocycles. The fourth-order valence-corrected chi connectivity index (χ4v) is 6.43. The first-order valence-corrected chi connectivity index (χ1v) is 36.2. The minimum absolute atomic E-state index is 0. The van der Waals surface area contributed by atoms with Crippen LogP contribution in [0, 0.1) is 21.4 Å². The van der Waals surface area contributed by atoms with Gasteiger partial charge in [-0.15, -0.1) is 0 Å². The smallest absolute Gasteiger partial charge is 0.392 e. The number of ketones is 2. The van der Waals surface area contributed by atoms with Crippen LogP contribution in [-0.4, -0.2) is 210 Å². The van der Waals surface area contributed by atoms with Gasteiger partial charge in [0.25, 0.3) is 6.43 Å². The number of benzene rings is 2. The van der Waals surface area contributed by atoms with E-state index in [9.17, 15) is 107 Å². The first kappa shape index (κ1) is 113. The second kappa shape index (κ2) is 70.6. The van der Waals surface area contributed by atoms with Gasteiger partial charge >= 0.3 is 71.8 Å². The first-order valence-electron chi connectivity index (χ1n) is 30.5. The molecule has 0 spiro atoms. The molecule has 2 aromatic rings. The molecule has 0 saturated carbocycles. The molecule has 0 amide bonds. The third-order valence-corrected chi connectivity index (χ3v) is 12.3. The predicted molar refractivity (Wildman–Crippen MR) is 368 cm³/mol. The van der Waals surface area contributed by atoms with E-state index in [1.54, 1.807) is 0 Å². The fourth-order valence-electron chi connectivity index (χ4n) is 5.33. The Balaban J connectivity index is -0.000000138. The van der Waals surface area contributed by atoms with Crippen molar-refractivity contribution in [1.82, 2.24) is 0 Å². The topological polar surface area (TPSA) is 425 Å². The third kappa shape index (κ3) is 109. The number of nitrogens with zero attached hydrogens (tertiary/aromatic N) is 2. The maximum Gasteiger partial charge on any atom is 0.392 e. The van der Waals surface area contributed by atoms with Gasteiger partial charge in [0.2, 0.25) is 6.54 Å². The number of Topliss-reactive ketones (excluding diaryl/α,β-unsaturated/α-hetero) is 2. The molecule has 104 heavy (non-hydrogen) atoms. The lowest BCUT2D eigenvalue weighted by atomic mass is 9.98. The van der Waals surface area contributed by atoms with Crippen LogP contribution in [0.4, 0.5) is 26.3 Å². The van der Waals surface area contributed by atoms with Crippen LogP contribution in [-0.2, 0) is 124 Å². The van der Waals surface area contributed by atoms with Crippen molar-refractivity contribution in [3.05, 3.63) is 69.8 Å². The van der Waals surface area contributed by atoms with E-state index in [0.29, 0.717) is 26.1 Å². The van der Waals surface area contributed by atoms with Gasteiger partial charge in [-0.3, -0.25) is 72.4 Å². The number of alkyl halides is 6. The van der Waals surface area contributed by atoms with Gasteiger partial charge in [0.1, 0.15) is 44.7 Å². The Labute approximate surface area is 605 Å². The zero-order valence-corrected chi connectivity index (χ0v) is 63.3. The highest BCUT2D eigenvalue weighted by molar-refractivity contribution is 7.90. The number of hydrogen-bond acceptors (Lipinski definition) is 29. The molecule has 38 heteroatoms. The summed E-state index contributed by atoms with van der Waals surface area (Å²) in [4.78, 5) is 140. The summed E-state index contributed by atoms with van der Waals surface area (Å²) in [6, 6.07) is 19.5. The molecule has 598 valence electrons. The second-order valence-corrected chi connectivity index (χ2v) is 28.9. The van der Waals surface area contributed by atoms with E-state index < -0.39 is 91.6 Å². The molecule has 0 aromatic heterocycles. The van der Waals surface area contributed by atoms with Crippen LogP contribution in [0.3, 0.4) is 0 Å². The van der Waals surface area contributed by atoms with Gasteiger partial charge in [0, 0.05) is 114 Å². The summed E-state index contributed by atoms with van der Waals surface area (Å²) in [6.07, 6.45) is -5.86. The maximum absolute atomic E-state index is 11.3. The van der Waals surface area contributed by atoms with Crippen LogP contribution >= 0.6 is 0 Å². The zero-order chi connectivity index (χ0) is 81.9. The lowest BCUT2D eigenvalue weighted by Crippen LogP contribution is -2.22. The van der Waals surface area contributed by atoms with Gasteiger partial charge in [-0.25, -0.2) is 21.6 Å². The Hall–Kier alpha value is -9.41. The molecular weight excluding hydrogens is 1440 g/mol. The lowest BCUT2D eigenvalue weighted by molar-refractivity contribution is -0.482. The van der Waals surface area contributed by atoms with Crippen LogP contribution in [0.5, 0.6) is 0 Å². The van der Waals surface area contributed by atoms with Crippen molar-refractivity contribution in [2.75, 3.05) is 98.4 Å². The molecule has 1 aliphatic carbocycles. The maximum atomic E-state index is 11.3. The molecule has 0 heterocycles. The standard InChI is InChI=1S/C16H14O2.C7H16O2Si.2C6H10O3.C5H7F3O2.C5H7NO2.C5H10O4S.C4H6F2O2.C4H7FO2.C4H7NO4.C3H6O2.CH4/c1-11(17)18-10-16-14-8-4-2-6-12(14)13-7-3-5-9-15(13)16;1-7(8)9-5-6-10(2,3)4;2*1-5(7)3-4-9-6(2)8;1-4(9)10-3-2-5(6,7)8;1-5(7)8-4-2-3-6;1-5(6)9-3-4-10(2,7)8;1-3(7)8-2-4(5)6;1-4(6)7-3-2-5;1-4(6)9-3-2-5(7)8;1-3(4)5-2;/h2-9,16H,10H2,1H3;5-6H2,1-4H3;2*3-4H2,1-2H3;2-3H2,1H3;2,4H2,1H3;3-4H2,1-2H3;4H,2H2,1H3;2-3H2,1H3;2-3H2,1H3;1-2H3;1H4.